The van der Waals surface area contributed by atoms with Gasteiger partial charge in [-0.1, -0.05) is 196 Å². The average Bonchev–Trinajstić information content (AvgIpc) is 3.23. The number of hydrogen-bond donors (Lipinski definition) is 0. The molecule has 0 aromatic carbocycles. The fourth-order valence-electron chi connectivity index (χ4n) is 6.53. The molecule has 0 aliphatic heterocycles. The summed E-state index contributed by atoms with van der Waals surface area (Å²) < 4.78 is 16.6. The third-order valence-electron chi connectivity index (χ3n) is 10.2. The summed E-state index contributed by atoms with van der Waals surface area (Å²) in [5.41, 5.74) is 0. The smallest absolute Gasteiger partial charge is 0.306 e. The molecule has 59 heavy (non-hydrogen) atoms. The first-order valence-electron chi connectivity index (χ1n) is 24.4. The third kappa shape index (κ3) is 45.8. The molecule has 1 unspecified atom stereocenters. The number of ether oxygens (including phenoxy) is 3. The van der Waals surface area contributed by atoms with Gasteiger partial charge in [0, 0.05) is 19.3 Å². The lowest BCUT2D eigenvalue weighted by Crippen LogP contribution is -2.30. The highest BCUT2D eigenvalue weighted by molar-refractivity contribution is 5.71. The maximum absolute atomic E-state index is 12.7. The number of unbranched alkanes of at least 4 members (excludes halogenated alkanes) is 20. The molecule has 0 aliphatic rings. The Balaban J connectivity index is 4.27. The Hall–Kier alpha value is -3.15. The van der Waals surface area contributed by atoms with Gasteiger partial charge in [0.05, 0.1) is 0 Å². The Kier molecular flexibility index (Phi) is 45.0. The second kappa shape index (κ2) is 47.5. The van der Waals surface area contributed by atoms with Crippen LogP contribution in [0.3, 0.4) is 0 Å². The first kappa shape index (κ1) is 55.9. The Bertz CT molecular complexity index is 1130. The number of carbonyl (C=O) groups excluding carboxylic acids is 3. The molecule has 0 N–H and O–H groups in total. The van der Waals surface area contributed by atoms with Crippen molar-refractivity contribution >= 4 is 17.9 Å². The van der Waals surface area contributed by atoms with Crippen LogP contribution < -0.4 is 0 Å². The quantitative estimate of drug-likeness (QED) is 0.0264. The van der Waals surface area contributed by atoms with E-state index in [1.165, 1.54) is 89.9 Å². The van der Waals surface area contributed by atoms with Crippen molar-refractivity contribution in [2.45, 2.75) is 232 Å². The van der Waals surface area contributed by atoms with Gasteiger partial charge >= 0.3 is 17.9 Å². The van der Waals surface area contributed by atoms with Crippen molar-refractivity contribution in [2.24, 2.45) is 0 Å². The minimum absolute atomic E-state index is 0.0992. The molecular weight excluding hydrogens is 733 g/mol. The normalized spacial score (nSPS) is 12.7. The zero-order valence-corrected chi connectivity index (χ0v) is 38.5. The van der Waals surface area contributed by atoms with Crippen LogP contribution in [0, 0.1) is 0 Å². The Morgan fingerprint density at radius 3 is 1.10 bits per heavy atom. The fourth-order valence-corrected chi connectivity index (χ4v) is 6.53. The van der Waals surface area contributed by atoms with Crippen molar-refractivity contribution in [3.63, 3.8) is 0 Å². The fraction of sp³-hybridized carbons (Fsp3) is 0.717. The minimum atomic E-state index is -0.801. The van der Waals surface area contributed by atoms with Gasteiger partial charge in [-0.2, -0.15) is 0 Å². The van der Waals surface area contributed by atoms with E-state index >= 15 is 0 Å². The molecule has 0 amide bonds. The lowest BCUT2D eigenvalue weighted by Gasteiger charge is -2.18. The zero-order valence-electron chi connectivity index (χ0n) is 38.5. The van der Waals surface area contributed by atoms with Crippen molar-refractivity contribution in [2.75, 3.05) is 13.2 Å². The predicted octanol–water partition coefficient (Wildman–Crippen LogP) is 15.9. The number of hydrogen-bond acceptors (Lipinski definition) is 6. The first-order valence-corrected chi connectivity index (χ1v) is 24.4. The number of esters is 3. The highest BCUT2D eigenvalue weighted by Gasteiger charge is 2.19. The molecule has 1 atom stereocenters. The molecule has 0 saturated heterocycles. The van der Waals surface area contributed by atoms with Crippen molar-refractivity contribution in [1.82, 2.24) is 0 Å². The SMILES string of the molecule is CC/C=C\C/C=C\C/C=C\C/C=C\C/C=C\CCCC(=O)OC(COC(=O)CCCCCCC)COC(=O)CCCCCCCCCCC/C=C\CCCCCCCC. The van der Waals surface area contributed by atoms with Crippen LogP contribution in [0.25, 0.3) is 0 Å². The molecule has 0 radical (unpaired) electrons. The summed E-state index contributed by atoms with van der Waals surface area (Å²) in [4.78, 5) is 37.6. The van der Waals surface area contributed by atoms with Crippen molar-refractivity contribution in [3.8, 4) is 0 Å². The first-order chi connectivity index (χ1) is 29.0. The van der Waals surface area contributed by atoms with E-state index in [2.05, 4.69) is 93.7 Å². The highest BCUT2D eigenvalue weighted by atomic mass is 16.6. The molecule has 0 rings (SSSR count). The van der Waals surface area contributed by atoms with Gasteiger partial charge in [0.25, 0.3) is 0 Å². The molecule has 0 fully saturated rings. The molecule has 0 bridgehead atoms. The summed E-state index contributed by atoms with van der Waals surface area (Å²) in [5.74, 6) is -0.976. The predicted molar refractivity (Wildman–Crippen MR) is 251 cm³/mol. The lowest BCUT2D eigenvalue weighted by molar-refractivity contribution is -0.167. The van der Waals surface area contributed by atoms with E-state index in [-0.39, 0.29) is 37.5 Å². The standard InChI is InChI=1S/C53H90O6/c1-4-7-10-13-15-17-19-21-23-25-26-28-29-31-33-35-37-40-43-46-52(55)58-49-50(48-57-51(54)45-42-39-12-9-6-3)59-53(56)47-44-41-38-36-34-32-30-27-24-22-20-18-16-14-11-8-5-2/h8,11,16,18,21-24,30,32,36,38,50H,4-7,9-10,12-15,17,19-20,25-29,31,33-35,37,39-49H2,1-3H3/b11-8-,18-16-,23-21-,24-22-,32-30-,38-36-. The summed E-state index contributed by atoms with van der Waals surface area (Å²) in [6.07, 6.45) is 59.3. The van der Waals surface area contributed by atoms with Crippen molar-refractivity contribution < 1.29 is 28.6 Å². The topological polar surface area (TPSA) is 78.9 Å². The van der Waals surface area contributed by atoms with Crippen LogP contribution in [0.4, 0.5) is 0 Å². The van der Waals surface area contributed by atoms with Gasteiger partial charge in [0.2, 0.25) is 0 Å². The van der Waals surface area contributed by atoms with Crippen LogP contribution >= 0.6 is 0 Å². The van der Waals surface area contributed by atoms with Gasteiger partial charge in [0.1, 0.15) is 13.2 Å². The lowest BCUT2D eigenvalue weighted by atomic mass is 10.1. The molecule has 6 nitrogen and oxygen atoms in total. The highest BCUT2D eigenvalue weighted by Crippen LogP contribution is 2.14. The van der Waals surface area contributed by atoms with Crippen LogP contribution in [0.2, 0.25) is 0 Å². The van der Waals surface area contributed by atoms with Crippen LogP contribution in [0.1, 0.15) is 226 Å². The molecule has 6 heteroatoms. The van der Waals surface area contributed by atoms with Gasteiger partial charge in [-0.25, -0.2) is 0 Å². The Morgan fingerprint density at radius 1 is 0.356 bits per heavy atom. The zero-order chi connectivity index (χ0) is 43.0. The Morgan fingerprint density at radius 2 is 0.678 bits per heavy atom. The van der Waals surface area contributed by atoms with Crippen LogP contribution in [0.5, 0.6) is 0 Å². The van der Waals surface area contributed by atoms with Gasteiger partial charge in [-0.15, -0.1) is 0 Å². The van der Waals surface area contributed by atoms with E-state index in [4.69, 9.17) is 14.2 Å². The van der Waals surface area contributed by atoms with E-state index in [0.29, 0.717) is 19.3 Å². The summed E-state index contributed by atoms with van der Waals surface area (Å²) in [6, 6.07) is 0. The second-order valence-electron chi connectivity index (χ2n) is 16.0. The van der Waals surface area contributed by atoms with E-state index in [9.17, 15) is 14.4 Å². The second-order valence-corrected chi connectivity index (χ2v) is 16.0. The van der Waals surface area contributed by atoms with Gasteiger partial charge in [0.15, 0.2) is 6.10 Å². The van der Waals surface area contributed by atoms with E-state index < -0.39 is 6.10 Å². The molecule has 0 aromatic heterocycles. The Labute approximate surface area is 363 Å². The molecular formula is C53H90O6. The van der Waals surface area contributed by atoms with Crippen molar-refractivity contribution in [3.05, 3.63) is 72.9 Å². The molecule has 0 heterocycles. The van der Waals surface area contributed by atoms with E-state index in [1.807, 2.05) is 0 Å². The summed E-state index contributed by atoms with van der Waals surface area (Å²) in [5, 5.41) is 0. The van der Waals surface area contributed by atoms with Crippen LogP contribution in [-0.2, 0) is 28.6 Å². The van der Waals surface area contributed by atoms with E-state index in [0.717, 1.165) is 89.9 Å². The van der Waals surface area contributed by atoms with E-state index in [1.54, 1.807) is 0 Å². The summed E-state index contributed by atoms with van der Waals surface area (Å²) in [6.45, 7) is 6.38. The molecule has 0 saturated carbocycles. The summed E-state index contributed by atoms with van der Waals surface area (Å²) >= 11 is 0. The number of rotatable bonds is 43. The minimum Gasteiger partial charge on any atom is -0.462 e. The van der Waals surface area contributed by atoms with Gasteiger partial charge in [-0.05, 0) is 83.5 Å². The third-order valence-corrected chi connectivity index (χ3v) is 10.2. The number of allylic oxidation sites excluding steroid dienone is 12. The van der Waals surface area contributed by atoms with Gasteiger partial charge in [-0.3, -0.25) is 14.4 Å². The molecule has 0 aromatic rings. The number of carbonyl (C=O) groups is 3. The molecule has 0 spiro atoms. The van der Waals surface area contributed by atoms with Gasteiger partial charge < -0.3 is 14.2 Å². The van der Waals surface area contributed by atoms with Crippen molar-refractivity contribution in [1.29, 1.82) is 0 Å². The monoisotopic (exact) mass is 823 g/mol. The van der Waals surface area contributed by atoms with Crippen LogP contribution in [0.15, 0.2) is 72.9 Å². The summed E-state index contributed by atoms with van der Waals surface area (Å²) in [7, 11) is 0. The molecule has 338 valence electrons. The largest absolute Gasteiger partial charge is 0.462 e. The maximum Gasteiger partial charge on any atom is 0.306 e. The molecule has 0 aliphatic carbocycles. The van der Waals surface area contributed by atoms with Crippen LogP contribution in [-0.4, -0.2) is 37.2 Å². The maximum atomic E-state index is 12.7. The average molecular weight is 823 g/mol.